The van der Waals surface area contributed by atoms with E-state index in [1.807, 2.05) is 57.2 Å². The van der Waals surface area contributed by atoms with Crippen molar-refractivity contribution in [1.29, 1.82) is 0 Å². The Morgan fingerprint density at radius 1 is 1.14 bits per heavy atom. The van der Waals surface area contributed by atoms with Crippen molar-refractivity contribution >= 4 is 5.91 Å². The van der Waals surface area contributed by atoms with Gasteiger partial charge >= 0.3 is 0 Å². The van der Waals surface area contributed by atoms with Gasteiger partial charge in [-0.25, -0.2) is 0 Å². The van der Waals surface area contributed by atoms with Crippen LogP contribution in [0.5, 0.6) is 0 Å². The van der Waals surface area contributed by atoms with Crippen LogP contribution in [0.25, 0.3) is 0 Å². The SMILES string of the molecule is CC(C)(C)C(=O)NCc1cccc(COCc2ccco2)c1. The number of carbonyl (C=O) groups excluding carboxylic acids is 1. The third-order valence-corrected chi connectivity index (χ3v) is 3.22. The van der Waals surface area contributed by atoms with Gasteiger partial charge in [-0.2, -0.15) is 0 Å². The van der Waals surface area contributed by atoms with Crippen molar-refractivity contribution in [3.63, 3.8) is 0 Å². The number of benzene rings is 1. The molecule has 0 saturated carbocycles. The van der Waals surface area contributed by atoms with Gasteiger partial charge < -0.3 is 14.5 Å². The van der Waals surface area contributed by atoms with Gasteiger partial charge in [0.25, 0.3) is 0 Å². The van der Waals surface area contributed by atoms with Crippen molar-refractivity contribution in [3.8, 4) is 0 Å². The molecule has 0 aliphatic heterocycles. The lowest BCUT2D eigenvalue weighted by Crippen LogP contribution is -2.34. The van der Waals surface area contributed by atoms with Crippen LogP contribution in [0.2, 0.25) is 0 Å². The van der Waals surface area contributed by atoms with E-state index in [4.69, 9.17) is 9.15 Å². The first kappa shape index (κ1) is 16.3. The summed E-state index contributed by atoms with van der Waals surface area (Å²) in [5.41, 5.74) is 1.77. The Morgan fingerprint density at radius 2 is 1.91 bits per heavy atom. The molecule has 1 aromatic carbocycles. The second-order valence-corrected chi connectivity index (χ2v) is 6.32. The van der Waals surface area contributed by atoms with Gasteiger partial charge in [0.15, 0.2) is 0 Å². The lowest BCUT2D eigenvalue weighted by molar-refractivity contribution is -0.128. The molecule has 1 aromatic heterocycles. The summed E-state index contributed by atoms with van der Waals surface area (Å²) in [6.45, 7) is 7.21. The first-order valence-electron chi connectivity index (χ1n) is 7.41. The van der Waals surface area contributed by atoms with Crippen LogP contribution in [-0.2, 0) is 29.3 Å². The first-order chi connectivity index (χ1) is 10.4. The van der Waals surface area contributed by atoms with E-state index < -0.39 is 0 Å². The average Bonchev–Trinajstić information content (AvgIpc) is 2.97. The van der Waals surface area contributed by atoms with Crippen LogP contribution >= 0.6 is 0 Å². The van der Waals surface area contributed by atoms with Crippen molar-refractivity contribution < 1.29 is 13.9 Å². The largest absolute Gasteiger partial charge is 0.467 e. The highest BCUT2D eigenvalue weighted by molar-refractivity contribution is 5.81. The van der Waals surface area contributed by atoms with E-state index in [0.29, 0.717) is 19.8 Å². The fourth-order valence-corrected chi connectivity index (χ4v) is 1.94. The highest BCUT2D eigenvalue weighted by Crippen LogP contribution is 2.14. The maximum absolute atomic E-state index is 11.9. The minimum absolute atomic E-state index is 0.0481. The van der Waals surface area contributed by atoms with Crippen LogP contribution in [0.15, 0.2) is 47.1 Å². The number of hydrogen-bond acceptors (Lipinski definition) is 3. The maximum Gasteiger partial charge on any atom is 0.225 e. The molecule has 4 nitrogen and oxygen atoms in total. The topological polar surface area (TPSA) is 51.5 Å². The summed E-state index contributed by atoms with van der Waals surface area (Å²) >= 11 is 0. The fraction of sp³-hybridized carbons (Fsp3) is 0.389. The predicted molar refractivity (Wildman–Crippen MR) is 84.9 cm³/mol. The zero-order valence-corrected chi connectivity index (χ0v) is 13.4. The quantitative estimate of drug-likeness (QED) is 0.886. The van der Waals surface area contributed by atoms with Gasteiger partial charge in [0.05, 0.1) is 12.9 Å². The molecular formula is C18H23NO3. The second kappa shape index (κ2) is 7.27. The fourth-order valence-electron chi connectivity index (χ4n) is 1.94. The van der Waals surface area contributed by atoms with Crippen LogP contribution in [-0.4, -0.2) is 5.91 Å². The molecule has 0 fully saturated rings. The van der Waals surface area contributed by atoms with E-state index >= 15 is 0 Å². The second-order valence-electron chi connectivity index (χ2n) is 6.32. The van der Waals surface area contributed by atoms with E-state index in [0.717, 1.165) is 16.9 Å². The van der Waals surface area contributed by atoms with Crippen molar-refractivity contribution in [3.05, 3.63) is 59.5 Å². The van der Waals surface area contributed by atoms with Crippen LogP contribution < -0.4 is 5.32 Å². The molecule has 2 aromatic rings. The molecule has 4 heteroatoms. The Morgan fingerprint density at radius 3 is 2.59 bits per heavy atom. The maximum atomic E-state index is 11.9. The Balaban J connectivity index is 1.83. The number of carbonyl (C=O) groups is 1. The molecule has 1 heterocycles. The lowest BCUT2D eigenvalue weighted by Gasteiger charge is -2.17. The number of amides is 1. The molecule has 2 rings (SSSR count). The van der Waals surface area contributed by atoms with Crippen molar-refractivity contribution in [2.24, 2.45) is 5.41 Å². The third kappa shape index (κ3) is 5.04. The molecule has 0 bridgehead atoms. The zero-order chi connectivity index (χ0) is 16.0. The van der Waals surface area contributed by atoms with Crippen LogP contribution in [0.3, 0.4) is 0 Å². The van der Waals surface area contributed by atoms with Crippen molar-refractivity contribution in [2.75, 3.05) is 0 Å². The van der Waals surface area contributed by atoms with E-state index in [1.165, 1.54) is 0 Å². The highest BCUT2D eigenvalue weighted by atomic mass is 16.5. The monoisotopic (exact) mass is 301 g/mol. The summed E-state index contributed by atoms with van der Waals surface area (Å²) in [6, 6.07) is 11.8. The van der Waals surface area contributed by atoms with E-state index in [1.54, 1.807) is 6.26 Å². The Kier molecular flexibility index (Phi) is 5.39. The van der Waals surface area contributed by atoms with Gasteiger partial charge in [-0.15, -0.1) is 0 Å². The molecule has 0 aliphatic carbocycles. The predicted octanol–water partition coefficient (Wildman–Crippen LogP) is 3.66. The molecule has 1 N–H and O–H groups in total. The Hall–Kier alpha value is -2.07. The van der Waals surface area contributed by atoms with E-state index in [9.17, 15) is 4.79 Å². The molecule has 118 valence electrons. The average molecular weight is 301 g/mol. The van der Waals surface area contributed by atoms with Crippen molar-refractivity contribution in [2.45, 2.75) is 40.5 Å². The number of nitrogens with one attached hydrogen (secondary N) is 1. The molecular weight excluding hydrogens is 278 g/mol. The van der Waals surface area contributed by atoms with Gasteiger partial charge in [-0.3, -0.25) is 4.79 Å². The normalized spacial score (nSPS) is 11.4. The lowest BCUT2D eigenvalue weighted by atomic mass is 9.95. The summed E-state index contributed by atoms with van der Waals surface area (Å²) in [6.07, 6.45) is 1.64. The molecule has 0 saturated heterocycles. The Bertz CT molecular complexity index is 597. The summed E-state index contributed by atoms with van der Waals surface area (Å²) in [5.74, 6) is 0.862. The van der Waals surface area contributed by atoms with Crippen LogP contribution in [0.1, 0.15) is 37.7 Å². The summed E-state index contributed by atoms with van der Waals surface area (Å²) in [5, 5.41) is 2.95. The van der Waals surface area contributed by atoms with Crippen LogP contribution in [0, 0.1) is 5.41 Å². The standard InChI is InChI=1S/C18H23NO3/c1-18(2,3)17(20)19-11-14-6-4-7-15(10-14)12-21-13-16-8-5-9-22-16/h4-10H,11-13H2,1-3H3,(H,19,20). The minimum atomic E-state index is -0.371. The molecule has 22 heavy (non-hydrogen) atoms. The zero-order valence-electron chi connectivity index (χ0n) is 13.4. The highest BCUT2D eigenvalue weighted by Gasteiger charge is 2.20. The van der Waals surface area contributed by atoms with Gasteiger partial charge in [0.1, 0.15) is 12.4 Å². The summed E-state index contributed by atoms with van der Waals surface area (Å²) < 4.78 is 10.8. The van der Waals surface area contributed by atoms with E-state index in [2.05, 4.69) is 5.32 Å². The van der Waals surface area contributed by atoms with Gasteiger partial charge in [0.2, 0.25) is 5.91 Å². The number of rotatable bonds is 6. The molecule has 0 spiro atoms. The summed E-state index contributed by atoms with van der Waals surface area (Å²) in [4.78, 5) is 11.9. The van der Waals surface area contributed by atoms with Crippen LogP contribution in [0.4, 0.5) is 0 Å². The number of furan rings is 1. The Labute approximate surface area is 131 Å². The van der Waals surface area contributed by atoms with E-state index in [-0.39, 0.29) is 11.3 Å². The molecule has 0 unspecified atom stereocenters. The minimum Gasteiger partial charge on any atom is -0.467 e. The molecule has 0 radical (unpaired) electrons. The smallest absolute Gasteiger partial charge is 0.225 e. The number of hydrogen-bond donors (Lipinski definition) is 1. The first-order valence-corrected chi connectivity index (χ1v) is 7.41. The molecule has 0 atom stereocenters. The molecule has 1 amide bonds. The molecule has 0 aliphatic rings. The van der Waals surface area contributed by atoms with Crippen molar-refractivity contribution in [1.82, 2.24) is 5.32 Å². The van der Waals surface area contributed by atoms with Gasteiger partial charge in [-0.1, -0.05) is 45.0 Å². The van der Waals surface area contributed by atoms with Gasteiger partial charge in [0, 0.05) is 12.0 Å². The summed E-state index contributed by atoms with van der Waals surface area (Å²) in [7, 11) is 0. The third-order valence-electron chi connectivity index (χ3n) is 3.22. The van der Waals surface area contributed by atoms with Gasteiger partial charge in [-0.05, 0) is 23.3 Å². The number of ether oxygens (including phenoxy) is 1.